The zero-order valence-electron chi connectivity index (χ0n) is 34.2. The van der Waals surface area contributed by atoms with Crippen LogP contribution in [0.2, 0.25) is 0 Å². The SMILES string of the molecule is C=CC(=O)OCCCCCCOc1ccc(C=CC(=O)O[C@@H](COC(=O)c2ccc(OC(=O)c3ccc(OCCCCCCOC(=O)C=C)cc3)cc2)c2ccccc2)cc1. The number of carbonyl (C=O) groups is 5. The second kappa shape index (κ2) is 26.9. The van der Waals surface area contributed by atoms with Gasteiger partial charge in [-0.05, 0) is 129 Å². The van der Waals surface area contributed by atoms with Gasteiger partial charge in [0, 0.05) is 18.2 Å². The van der Waals surface area contributed by atoms with Crippen LogP contribution in [0.15, 0.2) is 135 Å². The van der Waals surface area contributed by atoms with E-state index in [2.05, 4.69) is 13.2 Å². The lowest BCUT2D eigenvalue weighted by atomic mass is 10.1. The van der Waals surface area contributed by atoms with E-state index in [4.69, 9.17) is 33.2 Å². The van der Waals surface area contributed by atoms with Gasteiger partial charge >= 0.3 is 29.8 Å². The van der Waals surface area contributed by atoms with Crippen LogP contribution in [-0.2, 0) is 33.3 Å². The predicted molar refractivity (Wildman–Crippen MR) is 229 cm³/mol. The van der Waals surface area contributed by atoms with Gasteiger partial charge in [-0.1, -0.05) is 55.6 Å². The summed E-state index contributed by atoms with van der Waals surface area (Å²) >= 11 is 0. The van der Waals surface area contributed by atoms with Gasteiger partial charge in [-0.15, -0.1) is 0 Å². The summed E-state index contributed by atoms with van der Waals surface area (Å²) in [5.74, 6) is -1.11. The van der Waals surface area contributed by atoms with E-state index < -0.39 is 36.0 Å². The van der Waals surface area contributed by atoms with Gasteiger partial charge in [-0.3, -0.25) is 0 Å². The number of unbranched alkanes of at least 4 members (excludes halogenated alkanes) is 6. The van der Waals surface area contributed by atoms with Crippen LogP contribution in [-0.4, -0.2) is 62.9 Å². The van der Waals surface area contributed by atoms with E-state index in [1.807, 2.05) is 30.3 Å². The summed E-state index contributed by atoms with van der Waals surface area (Å²) in [5, 5.41) is 0. The molecule has 0 heterocycles. The number of rotatable bonds is 27. The molecule has 0 aromatic heterocycles. The molecular weight excluding hydrogens is 781 g/mol. The fraction of sp³-hybridized carbons (Fsp3) is 0.286. The number of benzene rings is 4. The molecule has 0 N–H and O–H groups in total. The van der Waals surface area contributed by atoms with E-state index in [-0.39, 0.29) is 17.9 Å². The normalized spacial score (nSPS) is 11.1. The van der Waals surface area contributed by atoms with Crippen LogP contribution in [0, 0.1) is 0 Å². The number of ether oxygens (including phenoxy) is 7. The van der Waals surface area contributed by atoms with Crippen molar-refractivity contribution in [2.24, 2.45) is 0 Å². The van der Waals surface area contributed by atoms with Crippen LogP contribution in [0.5, 0.6) is 17.2 Å². The van der Waals surface area contributed by atoms with E-state index >= 15 is 0 Å². The third-order valence-electron chi connectivity index (χ3n) is 8.91. The Morgan fingerprint density at radius 3 is 1.49 bits per heavy atom. The van der Waals surface area contributed by atoms with Gasteiger partial charge in [0.25, 0.3) is 0 Å². The van der Waals surface area contributed by atoms with Crippen molar-refractivity contribution < 1.29 is 57.1 Å². The van der Waals surface area contributed by atoms with Crippen molar-refractivity contribution in [3.8, 4) is 17.2 Å². The molecule has 0 saturated heterocycles. The second-order valence-corrected chi connectivity index (χ2v) is 13.5. The number of esters is 5. The molecule has 61 heavy (non-hydrogen) atoms. The van der Waals surface area contributed by atoms with E-state index in [1.165, 1.54) is 30.3 Å². The van der Waals surface area contributed by atoms with Crippen molar-refractivity contribution in [1.82, 2.24) is 0 Å². The third-order valence-corrected chi connectivity index (χ3v) is 8.91. The Bertz CT molecular complexity index is 2020. The molecular formula is C49H52O12. The van der Waals surface area contributed by atoms with Crippen LogP contribution < -0.4 is 14.2 Å². The lowest BCUT2D eigenvalue weighted by Gasteiger charge is -2.17. The number of carbonyl (C=O) groups excluding carboxylic acids is 5. The van der Waals surface area contributed by atoms with Crippen LogP contribution >= 0.6 is 0 Å². The van der Waals surface area contributed by atoms with Crippen molar-refractivity contribution in [2.45, 2.75) is 57.5 Å². The average Bonchev–Trinajstić information content (AvgIpc) is 3.29. The van der Waals surface area contributed by atoms with Gasteiger partial charge in [0.15, 0.2) is 6.10 Å². The molecule has 0 saturated carbocycles. The van der Waals surface area contributed by atoms with Crippen LogP contribution in [0.3, 0.4) is 0 Å². The molecule has 4 aromatic carbocycles. The average molecular weight is 833 g/mol. The van der Waals surface area contributed by atoms with Gasteiger partial charge in [0.2, 0.25) is 0 Å². The lowest BCUT2D eigenvalue weighted by Crippen LogP contribution is -2.18. The molecule has 0 aliphatic carbocycles. The third kappa shape index (κ3) is 18.2. The summed E-state index contributed by atoms with van der Waals surface area (Å²) < 4.78 is 38.2. The minimum atomic E-state index is -0.871. The standard InChI is InChI=1S/C49H52O12/c1-3-45(50)57-34-14-7-5-12-32-55-41-25-18-37(19-26-41)20-31-47(52)61-44(38-16-10-9-11-17-38)36-59-48(53)39-23-29-43(30-24-39)60-49(54)40-21-27-42(28-22-40)56-33-13-6-8-15-35-58-46(51)4-2/h3-4,9-11,16-31,44H,1-2,5-8,12-15,32-36H2/t44-/m0/s1. The maximum Gasteiger partial charge on any atom is 0.343 e. The highest BCUT2D eigenvalue weighted by atomic mass is 16.6. The quantitative estimate of drug-likeness (QED) is 0.0185. The largest absolute Gasteiger partial charge is 0.494 e. The van der Waals surface area contributed by atoms with Crippen molar-refractivity contribution >= 4 is 35.9 Å². The highest BCUT2D eigenvalue weighted by molar-refractivity contribution is 5.92. The summed E-state index contributed by atoms with van der Waals surface area (Å²) in [6.45, 7) is 8.32. The fourth-order valence-corrected chi connectivity index (χ4v) is 5.59. The maximum atomic E-state index is 13.0. The molecule has 0 aliphatic rings. The van der Waals surface area contributed by atoms with Crippen LogP contribution in [0.4, 0.5) is 0 Å². The van der Waals surface area contributed by atoms with Crippen molar-refractivity contribution in [2.75, 3.05) is 33.0 Å². The molecule has 0 aliphatic heterocycles. The van der Waals surface area contributed by atoms with Gasteiger partial charge in [0.1, 0.15) is 23.9 Å². The molecule has 4 aromatic rings. The second-order valence-electron chi connectivity index (χ2n) is 13.5. The van der Waals surface area contributed by atoms with E-state index in [0.717, 1.165) is 69.1 Å². The first-order valence-electron chi connectivity index (χ1n) is 20.2. The monoisotopic (exact) mass is 832 g/mol. The minimum Gasteiger partial charge on any atom is -0.494 e. The van der Waals surface area contributed by atoms with E-state index in [1.54, 1.807) is 54.6 Å². The Morgan fingerprint density at radius 2 is 0.967 bits per heavy atom. The van der Waals surface area contributed by atoms with Gasteiger partial charge in [-0.2, -0.15) is 0 Å². The maximum absolute atomic E-state index is 13.0. The smallest absolute Gasteiger partial charge is 0.343 e. The molecule has 12 nitrogen and oxygen atoms in total. The van der Waals surface area contributed by atoms with Crippen molar-refractivity contribution in [3.63, 3.8) is 0 Å². The molecule has 320 valence electrons. The predicted octanol–water partition coefficient (Wildman–Crippen LogP) is 9.40. The minimum absolute atomic E-state index is 0.214. The highest BCUT2D eigenvalue weighted by Crippen LogP contribution is 2.22. The molecule has 0 radical (unpaired) electrons. The molecule has 0 spiro atoms. The zero-order valence-corrected chi connectivity index (χ0v) is 34.2. The molecule has 1 atom stereocenters. The lowest BCUT2D eigenvalue weighted by molar-refractivity contribution is -0.145. The first-order chi connectivity index (χ1) is 29.7. The summed E-state index contributed by atoms with van der Waals surface area (Å²) in [7, 11) is 0. The van der Waals surface area contributed by atoms with Crippen LogP contribution in [0.1, 0.15) is 89.3 Å². The Morgan fingerprint density at radius 1 is 0.492 bits per heavy atom. The van der Waals surface area contributed by atoms with E-state index in [9.17, 15) is 24.0 Å². The first-order valence-corrected chi connectivity index (χ1v) is 20.2. The Labute approximate surface area is 356 Å². The summed E-state index contributed by atoms with van der Waals surface area (Å²) in [5.41, 5.74) is 1.95. The topological polar surface area (TPSA) is 150 Å². The summed E-state index contributed by atoms with van der Waals surface area (Å²) in [6.07, 6.45) is 11.3. The Kier molecular flexibility index (Phi) is 20.6. The molecule has 0 amide bonds. The molecule has 4 rings (SSSR count). The number of hydrogen-bond donors (Lipinski definition) is 0. The molecule has 0 bridgehead atoms. The summed E-state index contributed by atoms with van der Waals surface area (Å²) in [4.78, 5) is 60.8. The molecule has 0 unspecified atom stereocenters. The Balaban J connectivity index is 1.17. The van der Waals surface area contributed by atoms with Gasteiger partial charge in [-0.25, -0.2) is 24.0 Å². The summed E-state index contributed by atoms with van der Waals surface area (Å²) in [6, 6.07) is 28.8. The molecule has 0 fully saturated rings. The van der Waals surface area contributed by atoms with Crippen molar-refractivity contribution in [1.29, 1.82) is 0 Å². The molecule has 12 heteroatoms. The van der Waals surface area contributed by atoms with Gasteiger partial charge in [0.05, 0.1) is 37.6 Å². The number of hydrogen-bond acceptors (Lipinski definition) is 12. The van der Waals surface area contributed by atoms with Gasteiger partial charge < -0.3 is 33.2 Å². The fourth-order valence-electron chi connectivity index (χ4n) is 5.59. The van der Waals surface area contributed by atoms with Crippen molar-refractivity contribution in [3.05, 3.63) is 157 Å². The zero-order chi connectivity index (χ0) is 43.5. The first kappa shape index (κ1) is 46.7. The Hall–Kier alpha value is -6.95. The van der Waals surface area contributed by atoms with Crippen LogP contribution in [0.25, 0.3) is 6.08 Å². The van der Waals surface area contributed by atoms with E-state index in [0.29, 0.717) is 49.1 Å². The highest BCUT2D eigenvalue weighted by Gasteiger charge is 2.19.